The van der Waals surface area contributed by atoms with Crippen molar-refractivity contribution in [3.8, 4) is 0 Å². The number of hydrogen-bond acceptors (Lipinski definition) is 2. The predicted molar refractivity (Wildman–Crippen MR) is 88.1 cm³/mol. The molecule has 0 aromatic rings. The van der Waals surface area contributed by atoms with Crippen molar-refractivity contribution in [3.63, 3.8) is 0 Å². The van der Waals surface area contributed by atoms with E-state index in [2.05, 4.69) is 37.9 Å². The predicted octanol–water partition coefficient (Wildman–Crippen LogP) is 4.06. The molecule has 1 heterocycles. The first-order valence-corrected chi connectivity index (χ1v) is 9.06. The fourth-order valence-electron chi connectivity index (χ4n) is 4.41. The molecule has 0 amide bonds. The van der Waals surface area contributed by atoms with Gasteiger partial charge < -0.3 is 5.32 Å². The Labute approximate surface area is 126 Å². The molecule has 2 fully saturated rings. The molecule has 0 radical (unpaired) electrons. The summed E-state index contributed by atoms with van der Waals surface area (Å²) >= 11 is 0. The fourth-order valence-corrected chi connectivity index (χ4v) is 4.41. The van der Waals surface area contributed by atoms with Crippen molar-refractivity contribution >= 4 is 0 Å². The largest absolute Gasteiger partial charge is 0.312 e. The van der Waals surface area contributed by atoms with E-state index in [0.29, 0.717) is 11.5 Å². The second kappa shape index (κ2) is 7.26. The quantitative estimate of drug-likeness (QED) is 0.817. The summed E-state index contributed by atoms with van der Waals surface area (Å²) in [5, 5.41) is 3.89. The van der Waals surface area contributed by atoms with Crippen LogP contribution in [0.3, 0.4) is 0 Å². The zero-order valence-corrected chi connectivity index (χ0v) is 14.3. The molecular formula is C18H36N2. The molecule has 0 aromatic carbocycles. The first-order chi connectivity index (χ1) is 9.58. The van der Waals surface area contributed by atoms with Crippen LogP contribution in [-0.2, 0) is 0 Å². The van der Waals surface area contributed by atoms with Crippen LogP contribution in [0.4, 0.5) is 0 Å². The van der Waals surface area contributed by atoms with Crippen LogP contribution in [0, 0.1) is 11.3 Å². The number of piperidine rings is 1. The molecule has 0 bridgehead atoms. The van der Waals surface area contributed by atoms with Crippen molar-refractivity contribution in [1.29, 1.82) is 0 Å². The van der Waals surface area contributed by atoms with E-state index in [1.165, 1.54) is 64.6 Å². The van der Waals surface area contributed by atoms with Gasteiger partial charge in [0.25, 0.3) is 0 Å². The monoisotopic (exact) mass is 280 g/mol. The summed E-state index contributed by atoms with van der Waals surface area (Å²) in [5.74, 6) is 0.991. The molecule has 2 atom stereocenters. The Hall–Kier alpha value is -0.0800. The molecule has 1 aliphatic carbocycles. The van der Waals surface area contributed by atoms with Gasteiger partial charge in [-0.3, -0.25) is 4.90 Å². The normalized spacial score (nSPS) is 32.4. The molecular weight excluding hydrogens is 244 g/mol. The van der Waals surface area contributed by atoms with Crippen molar-refractivity contribution in [2.24, 2.45) is 11.3 Å². The number of nitrogens with zero attached hydrogens (tertiary/aromatic N) is 1. The van der Waals surface area contributed by atoms with Crippen LogP contribution >= 0.6 is 0 Å². The maximum atomic E-state index is 3.89. The van der Waals surface area contributed by atoms with Gasteiger partial charge in [0.05, 0.1) is 0 Å². The van der Waals surface area contributed by atoms with Crippen LogP contribution in [0.2, 0.25) is 0 Å². The smallest absolute Gasteiger partial charge is 0.0274 e. The SMILES string of the molecule is CCCNC1C(N2CCC(CC)CC2)CCCC1(C)C. The summed E-state index contributed by atoms with van der Waals surface area (Å²) < 4.78 is 0. The van der Waals surface area contributed by atoms with E-state index in [9.17, 15) is 0 Å². The van der Waals surface area contributed by atoms with Crippen LogP contribution < -0.4 is 5.32 Å². The van der Waals surface area contributed by atoms with Crippen LogP contribution in [0.5, 0.6) is 0 Å². The first-order valence-electron chi connectivity index (χ1n) is 9.06. The summed E-state index contributed by atoms with van der Waals surface area (Å²) in [7, 11) is 0. The van der Waals surface area contributed by atoms with Gasteiger partial charge in [-0.15, -0.1) is 0 Å². The van der Waals surface area contributed by atoms with Crippen LogP contribution in [0.1, 0.15) is 72.6 Å². The lowest BCUT2D eigenvalue weighted by atomic mass is 9.70. The number of likely N-dealkylation sites (tertiary alicyclic amines) is 1. The summed E-state index contributed by atoms with van der Waals surface area (Å²) in [5.41, 5.74) is 0.458. The molecule has 1 aliphatic heterocycles. The third-order valence-electron chi connectivity index (χ3n) is 5.86. The molecule has 1 N–H and O–H groups in total. The Morgan fingerprint density at radius 1 is 1.10 bits per heavy atom. The van der Waals surface area contributed by atoms with Gasteiger partial charge in [-0.25, -0.2) is 0 Å². The Bertz CT molecular complexity index is 279. The second-order valence-electron chi connectivity index (χ2n) is 7.77. The van der Waals surface area contributed by atoms with Crippen molar-refractivity contribution in [1.82, 2.24) is 10.2 Å². The van der Waals surface area contributed by atoms with E-state index in [4.69, 9.17) is 0 Å². The minimum atomic E-state index is 0.458. The van der Waals surface area contributed by atoms with Crippen molar-refractivity contribution in [3.05, 3.63) is 0 Å². The van der Waals surface area contributed by atoms with Gasteiger partial charge in [-0.05, 0) is 63.1 Å². The minimum absolute atomic E-state index is 0.458. The molecule has 1 saturated carbocycles. The molecule has 2 heteroatoms. The highest BCUT2D eigenvalue weighted by Gasteiger charge is 2.41. The molecule has 0 spiro atoms. The lowest BCUT2D eigenvalue weighted by molar-refractivity contribution is 0.0282. The number of nitrogens with one attached hydrogen (secondary N) is 1. The highest BCUT2D eigenvalue weighted by molar-refractivity contribution is 4.98. The van der Waals surface area contributed by atoms with Crippen LogP contribution in [0.25, 0.3) is 0 Å². The Morgan fingerprint density at radius 2 is 1.80 bits per heavy atom. The average Bonchev–Trinajstić information content (AvgIpc) is 2.45. The average molecular weight is 280 g/mol. The van der Waals surface area contributed by atoms with E-state index in [1.54, 1.807) is 0 Å². The Kier molecular flexibility index (Phi) is 5.92. The first kappa shape index (κ1) is 16.3. The van der Waals surface area contributed by atoms with Crippen molar-refractivity contribution < 1.29 is 0 Å². The van der Waals surface area contributed by atoms with Gasteiger partial charge in [0.2, 0.25) is 0 Å². The molecule has 118 valence electrons. The number of rotatable bonds is 5. The maximum absolute atomic E-state index is 3.89. The van der Waals surface area contributed by atoms with Gasteiger partial charge in [0.15, 0.2) is 0 Å². The highest BCUT2D eigenvalue weighted by Crippen LogP contribution is 2.39. The van der Waals surface area contributed by atoms with Gasteiger partial charge in [0.1, 0.15) is 0 Å². The summed E-state index contributed by atoms with van der Waals surface area (Å²) in [6.45, 7) is 13.4. The minimum Gasteiger partial charge on any atom is -0.312 e. The van der Waals surface area contributed by atoms with Gasteiger partial charge >= 0.3 is 0 Å². The van der Waals surface area contributed by atoms with Crippen LogP contribution in [-0.4, -0.2) is 36.6 Å². The number of hydrogen-bond donors (Lipinski definition) is 1. The lowest BCUT2D eigenvalue weighted by Crippen LogP contribution is -2.60. The third kappa shape index (κ3) is 3.76. The Morgan fingerprint density at radius 3 is 2.40 bits per heavy atom. The maximum Gasteiger partial charge on any atom is 0.0274 e. The van der Waals surface area contributed by atoms with Gasteiger partial charge in [-0.2, -0.15) is 0 Å². The molecule has 2 unspecified atom stereocenters. The summed E-state index contributed by atoms with van der Waals surface area (Å²) in [6, 6.07) is 1.47. The second-order valence-corrected chi connectivity index (χ2v) is 7.77. The molecule has 1 saturated heterocycles. The zero-order chi connectivity index (χ0) is 14.6. The molecule has 2 nitrogen and oxygen atoms in total. The van der Waals surface area contributed by atoms with E-state index < -0.39 is 0 Å². The zero-order valence-electron chi connectivity index (χ0n) is 14.3. The standard InChI is InChI=1S/C18H36N2/c1-5-12-19-17-16(8-7-11-18(17,3)4)20-13-9-15(6-2)10-14-20/h15-17,19H,5-14H2,1-4H3. The van der Waals surface area contributed by atoms with Gasteiger partial charge in [-0.1, -0.05) is 40.5 Å². The van der Waals surface area contributed by atoms with Crippen LogP contribution in [0.15, 0.2) is 0 Å². The van der Waals surface area contributed by atoms with E-state index in [-0.39, 0.29) is 0 Å². The van der Waals surface area contributed by atoms with E-state index >= 15 is 0 Å². The fraction of sp³-hybridized carbons (Fsp3) is 1.00. The van der Waals surface area contributed by atoms with Crippen molar-refractivity contribution in [2.75, 3.05) is 19.6 Å². The molecule has 20 heavy (non-hydrogen) atoms. The third-order valence-corrected chi connectivity index (χ3v) is 5.86. The molecule has 2 rings (SSSR count). The van der Waals surface area contributed by atoms with E-state index in [0.717, 1.165) is 12.0 Å². The van der Waals surface area contributed by atoms with E-state index in [1.807, 2.05) is 0 Å². The Balaban J connectivity index is 1.99. The highest BCUT2D eigenvalue weighted by atomic mass is 15.2. The molecule has 0 aromatic heterocycles. The molecule has 2 aliphatic rings. The van der Waals surface area contributed by atoms with Crippen molar-refractivity contribution in [2.45, 2.75) is 84.7 Å². The summed E-state index contributed by atoms with van der Waals surface area (Å²) in [4.78, 5) is 2.82. The lowest BCUT2D eigenvalue weighted by Gasteiger charge is -2.50. The van der Waals surface area contributed by atoms with Gasteiger partial charge in [0, 0.05) is 12.1 Å². The summed E-state index contributed by atoms with van der Waals surface area (Å²) in [6.07, 6.45) is 9.67. The topological polar surface area (TPSA) is 15.3 Å².